The summed E-state index contributed by atoms with van der Waals surface area (Å²) in [7, 11) is 4.18. The van der Waals surface area contributed by atoms with Crippen LogP contribution in [0, 0.1) is 11.8 Å². The molecule has 25 heavy (non-hydrogen) atoms. The topological polar surface area (TPSA) is 32.3 Å². The number of rotatable bonds is 5. The molecule has 0 N–H and O–H groups in total. The van der Waals surface area contributed by atoms with Crippen LogP contribution in [0.4, 0.5) is 5.95 Å². The van der Waals surface area contributed by atoms with E-state index in [9.17, 15) is 0 Å². The average molecular weight is 338 g/mol. The van der Waals surface area contributed by atoms with Crippen LogP contribution < -0.4 is 4.90 Å². The largest absolute Gasteiger partial charge is 0.341 e. The van der Waals surface area contributed by atoms with E-state index in [1.165, 1.54) is 24.0 Å². The Bertz CT molecular complexity index is 671. The van der Waals surface area contributed by atoms with Crippen molar-refractivity contribution >= 4 is 5.95 Å². The molecule has 1 aromatic heterocycles. The molecule has 2 heterocycles. The van der Waals surface area contributed by atoms with E-state index in [0.717, 1.165) is 43.0 Å². The van der Waals surface area contributed by atoms with Crippen molar-refractivity contribution in [1.29, 1.82) is 0 Å². The minimum atomic E-state index is 0.778. The van der Waals surface area contributed by atoms with Gasteiger partial charge in [-0.1, -0.05) is 32.0 Å². The van der Waals surface area contributed by atoms with Gasteiger partial charge >= 0.3 is 0 Å². The molecule has 4 nitrogen and oxygen atoms in total. The summed E-state index contributed by atoms with van der Waals surface area (Å²) >= 11 is 0. The minimum Gasteiger partial charge on any atom is -0.341 e. The molecule has 1 aliphatic heterocycles. The number of nitrogens with zero attached hydrogens (tertiary/aromatic N) is 4. The molecule has 0 saturated carbocycles. The molecule has 1 aromatic carbocycles. The van der Waals surface area contributed by atoms with E-state index in [2.05, 4.69) is 72.0 Å². The van der Waals surface area contributed by atoms with E-state index in [-0.39, 0.29) is 0 Å². The van der Waals surface area contributed by atoms with Crippen LogP contribution in [0.25, 0.3) is 11.1 Å². The Morgan fingerprint density at radius 2 is 1.76 bits per heavy atom. The van der Waals surface area contributed by atoms with Crippen LogP contribution in [0.2, 0.25) is 0 Å². The summed E-state index contributed by atoms with van der Waals surface area (Å²) in [5, 5.41) is 0. The molecule has 134 valence electrons. The lowest BCUT2D eigenvalue weighted by atomic mass is 9.87. The van der Waals surface area contributed by atoms with Crippen molar-refractivity contribution in [2.24, 2.45) is 11.8 Å². The van der Waals surface area contributed by atoms with Gasteiger partial charge in [-0.05, 0) is 56.0 Å². The van der Waals surface area contributed by atoms with Gasteiger partial charge in [0.25, 0.3) is 0 Å². The molecule has 1 saturated heterocycles. The predicted molar refractivity (Wildman–Crippen MR) is 105 cm³/mol. The molecule has 2 aromatic rings. The van der Waals surface area contributed by atoms with Crippen LogP contribution >= 0.6 is 0 Å². The van der Waals surface area contributed by atoms with Gasteiger partial charge < -0.3 is 9.80 Å². The highest BCUT2D eigenvalue weighted by molar-refractivity contribution is 5.63. The van der Waals surface area contributed by atoms with Gasteiger partial charge in [-0.2, -0.15) is 0 Å². The van der Waals surface area contributed by atoms with Gasteiger partial charge in [-0.25, -0.2) is 9.97 Å². The zero-order valence-corrected chi connectivity index (χ0v) is 15.9. The van der Waals surface area contributed by atoms with E-state index in [0.29, 0.717) is 0 Å². The molecule has 0 aliphatic carbocycles. The van der Waals surface area contributed by atoms with Gasteiger partial charge in [-0.3, -0.25) is 0 Å². The van der Waals surface area contributed by atoms with E-state index < -0.39 is 0 Å². The first-order valence-electron chi connectivity index (χ1n) is 9.34. The molecule has 4 heteroatoms. The molecule has 3 rings (SSSR count). The minimum absolute atomic E-state index is 0.778. The monoisotopic (exact) mass is 338 g/mol. The Morgan fingerprint density at radius 1 is 1.08 bits per heavy atom. The van der Waals surface area contributed by atoms with Crippen molar-refractivity contribution in [1.82, 2.24) is 14.9 Å². The molecule has 0 amide bonds. The highest BCUT2D eigenvalue weighted by Crippen LogP contribution is 2.27. The Labute approximate surface area is 151 Å². The second kappa shape index (κ2) is 7.96. The first-order valence-corrected chi connectivity index (χ1v) is 9.34. The van der Waals surface area contributed by atoms with Crippen molar-refractivity contribution in [2.45, 2.75) is 33.2 Å². The fourth-order valence-corrected chi connectivity index (χ4v) is 3.61. The standard InChI is InChI=1S/C21H30N4/c1-16(2)18-8-10-25(11-9-18)21-22-13-20(14-23-21)19-7-5-6-17(12-19)15-24(3)4/h5-7,12-14,16,18H,8-11,15H2,1-4H3. The highest BCUT2D eigenvalue weighted by atomic mass is 15.2. The van der Waals surface area contributed by atoms with E-state index in [1.54, 1.807) is 0 Å². The van der Waals surface area contributed by atoms with Gasteiger partial charge in [0.1, 0.15) is 0 Å². The summed E-state index contributed by atoms with van der Waals surface area (Å²) in [4.78, 5) is 13.8. The van der Waals surface area contributed by atoms with E-state index in [1.807, 2.05) is 12.4 Å². The third kappa shape index (κ3) is 4.57. The number of hydrogen-bond donors (Lipinski definition) is 0. The van der Waals surface area contributed by atoms with Crippen LogP contribution in [-0.4, -0.2) is 42.1 Å². The Balaban J connectivity index is 1.69. The Morgan fingerprint density at radius 3 is 2.36 bits per heavy atom. The number of hydrogen-bond acceptors (Lipinski definition) is 4. The van der Waals surface area contributed by atoms with Crippen molar-refractivity contribution in [3.05, 3.63) is 42.2 Å². The molecule has 0 atom stereocenters. The molecule has 0 bridgehead atoms. The molecule has 0 unspecified atom stereocenters. The molecule has 1 fully saturated rings. The lowest BCUT2D eigenvalue weighted by Gasteiger charge is -2.33. The number of benzene rings is 1. The summed E-state index contributed by atoms with van der Waals surface area (Å²) in [5.74, 6) is 2.49. The number of piperidine rings is 1. The Hall–Kier alpha value is -1.94. The lowest BCUT2D eigenvalue weighted by Crippen LogP contribution is -2.36. The quantitative estimate of drug-likeness (QED) is 0.822. The maximum absolute atomic E-state index is 4.64. The summed E-state index contributed by atoms with van der Waals surface area (Å²) in [5.41, 5.74) is 3.58. The van der Waals surface area contributed by atoms with Crippen molar-refractivity contribution in [3.63, 3.8) is 0 Å². The number of anilines is 1. The highest BCUT2D eigenvalue weighted by Gasteiger charge is 2.22. The molecule has 0 radical (unpaired) electrons. The van der Waals surface area contributed by atoms with Crippen LogP contribution in [0.3, 0.4) is 0 Å². The fraction of sp³-hybridized carbons (Fsp3) is 0.524. The summed E-state index contributed by atoms with van der Waals surface area (Å²) in [6, 6.07) is 8.63. The van der Waals surface area contributed by atoms with Crippen molar-refractivity contribution in [3.8, 4) is 11.1 Å². The zero-order valence-electron chi connectivity index (χ0n) is 15.9. The van der Waals surface area contributed by atoms with Crippen molar-refractivity contribution < 1.29 is 0 Å². The predicted octanol–water partition coefficient (Wildman–Crippen LogP) is 4.08. The smallest absolute Gasteiger partial charge is 0.225 e. The summed E-state index contributed by atoms with van der Waals surface area (Å²) in [6.45, 7) is 7.74. The van der Waals surface area contributed by atoms with Crippen molar-refractivity contribution in [2.75, 3.05) is 32.1 Å². The van der Waals surface area contributed by atoms with Crippen LogP contribution in [0.1, 0.15) is 32.3 Å². The van der Waals surface area contributed by atoms with E-state index in [4.69, 9.17) is 0 Å². The summed E-state index contributed by atoms with van der Waals surface area (Å²) < 4.78 is 0. The Kier molecular flexibility index (Phi) is 5.69. The molecular weight excluding hydrogens is 308 g/mol. The molecule has 1 aliphatic rings. The second-order valence-corrected chi connectivity index (χ2v) is 7.78. The average Bonchev–Trinajstić information content (AvgIpc) is 2.62. The molecule has 0 spiro atoms. The second-order valence-electron chi connectivity index (χ2n) is 7.78. The van der Waals surface area contributed by atoms with Gasteiger partial charge in [0.05, 0.1) is 0 Å². The van der Waals surface area contributed by atoms with Gasteiger partial charge in [-0.15, -0.1) is 0 Å². The van der Waals surface area contributed by atoms with Gasteiger partial charge in [0, 0.05) is 37.6 Å². The van der Waals surface area contributed by atoms with Crippen LogP contribution in [0.5, 0.6) is 0 Å². The van der Waals surface area contributed by atoms with Crippen LogP contribution in [-0.2, 0) is 6.54 Å². The van der Waals surface area contributed by atoms with Gasteiger partial charge in [0.15, 0.2) is 0 Å². The van der Waals surface area contributed by atoms with E-state index >= 15 is 0 Å². The maximum atomic E-state index is 4.64. The lowest BCUT2D eigenvalue weighted by molar-refractivity contribution is 0.310. The first-order chi connectivity index (χ1) is 12.0. The van der Waals surface area contributed by atoms with Gasteiger partial charge in [0.2, 0.25) is 5.95 Å². The maximum Gasteiger partial charge on any atom is 0.225 e. The summed E-state index contributed by atoms with van der Waals surface area (Å²) in [6.07, 6.45) is 6.42. The first kappa shape index (κ1) is 17.9. The fourth-order valence-electron chi connectivity index (χ4n) is 3.61. The SMILES string of the molecule is CC(C)C1CCN(c2ncc(-c3cccc(CN(C)C)c3)cn2)CC1. The number of aromatic nitrogens is 2. The zero-order chi connectivity index (χ0) is 17.8. The molecular formula is C21H30N4. The van der Waals surface area contributed by atoms with Crippen LogP contribution in [0.15, 0.2) is 36.7 Å². The normalized spacial score (nSPS) is 16.0. The third-order valence-electron chi connectivity index (χ3n) is 5.16. The third-order valence-corrected chi connectivity index (χ3v) is 5.16.